The summed E-state index contributed by atoms with van der Waals surface area (Å²) in [6.45, 7) is 5.23. The SMILES string of the molecule is CC(C)C1C(=O)NCCN1C(=O)CCOc1ccc(Cl)cc1. The van der Waals surface area contributed by atoms with Crippen LogP contribution in [0.4, 0.5) is 0 Å². The van der Waals surface area contributed by atoms with Crippen molar-refractivity contribution in [3.8, 4) is 5.75 Å². The summed E-state index contributed by atoms with van der Waals surface area (Å²) in [6.07, 6.45) is 0.249. The van der Waals surface area contributed by atoms with Crippen LogP contribution in [0.1, 0.15) is 20.3 Å². The second-order valence-corrected chi connectivity index (χ2v) is 6.06. The molecule has 1 aromatic rings. The lowest BCUT2D eigenvalue weighted by Gasteiger charge is -2.37. The van der Waals surface area contributed by atoms with Crippen molar-refractivity contribution in [3.05, 3.63) is 29.3 Å². The molecule has 120 valence electrons. The molecule has 1 atom stereocenters. The first-order valence-corrected chi connectivity index (χ1v) is 7.82. The standard InChI is InChI=1S/C16H21ClN2O3/c1-11(2)15-16(21)18-8-9-19(15)14(20)7-10-22-13-5-3-12(17)4-6-13/h3-6,11,15H,7-10H2,1-2H3,(H,18,21). The van der Waals surface area contributed by atoms with E-state index in [1.165, 1.54) is 0 Å². The van der Waals surface area contributed by atoms with E-state index in [1.54, 1.807) is 29.2 Å². The van der Waals surface area contributed by atoms with Crippen LogP contribution in [0.5, 0.6) is 5.75 Å². The lowest BCUT2D eigenvalue weighted by molar-refractivity contribution is -0.145. The smallest absolute Gasteiger partial charge is 0.243 e. The average molecular weight is 325 g/mol. The van der Waals surface area contributed by atoms with E-state index in [2.05, 4.69) is 5.32 Å². The highest BCUT2D eigenvalue weighted by molar-refractivity contribution is 6.30. The highest BCUT2D eigenvalue weighted by Crippen LogP contribution is 2.17. The molecule has 0 radical (unpaired) electrons. The van der Waals surface area contributed by atoms with Crippen LogP contribution in [-0.4, -0.2) is 42.5 Å². The number of nitrogens with one attached hydrogen (secondary N) is 1. The Kier molecular flexibility index (Phi) is 5.66. The van der Waals surface area contributed by atoms with Crippen LogP contribution in [0.3, 0.4) is 0 Å². The molecule has 2 amide bonds. The molecular formula is C16H21ClN2O3. The minimum atomic E-state index is -0.392. The number of amides is 2. The van der Waals surface area contributed by atoms with Gasteiger partial charge in [-0.1, -0.05) is 25.4 Å². The highest BCUT2D eigenvalue weighted by atomic mass is 35.5. The molecule has 1 aliphatic rings. The number of hydrogen-bond acceptors (Lipinski definition) is 3. The molecule has 1 aliphatic heterocycles. The molecule has 0 spiro atoms. The maximum absolute atomic E-state index is 12.3. The van der Waals surface area contributed by atoms with E-state index < -0.39 is 6.04 Å². The predicted octanol–water partition coefficient (Wildman–Crippen LogP) is 2.09. The number of halogens is 1. The van der Waals surface area contributed by atoms with Gasteiger partial charge in [0.2, 0.25) is 11.8 Å². The fourth-order valence-corrected chi connectivity index (χ4v) is 2.68. The van der Waals surface area contributed by atoms with E-state index in [9.17, 15) is 9.59 Å². The zero-order valence-corrected chi connectivity index (χ0v) is 13.6. The second-order valence-electron chi connectivity index (χ2n) is 5.62. The molecule has 6 heteroatoms. The molecule has 1 aromatic carbocycles. The van der Waals surface area contributed by atoms with Crippen molar-refractivity contribution in [2.24, 2.45) is 5.92 Å². The Morgan fingerprint density at radius 3 is 2.73 bits per heavy atom. The molecule has 0 bridgehead atoms. The van der Waals surface area contributed by atoms with Gasteiger partial charge in [0.05, 0.1) is 13.0 Å². The molecule has 0 aliphatic carbocycles. The fourth-order valence-electron chi connectivity index (χ4n) is 2.56. The Labute approximate surface area is 135 Å². The first-order chi connectivity index (χ1) is 10.5. The third kappa shape index (κ3) is 4.13. The zero-order valence-electron chi connectivity index (χ0n) is 12.8. The van der Waals surface area contributed by atoms with Crippen LogP contribution in [0.15, 0.2) is 24.3 Å². The van der Waals surface area contributed by atoms with Crippen LogP contribution in [-0.2, 0) is 9.59 Å². The molecule has 1 heterocycles. The van der Waals surface area contributed by atoms with Gasteiger partial charge in [-0.15, -0.1) is 0 Å². The monoisotopic (exact) mass is 324 g/mol. The Morgan fingerprint density at radius 2 is 2.09 bits per heavy atom. The van der Waals surface area contributed by atoms with Crippen molar-refractivity contribution >= 4 is 23.4 Å². The minimum Gasteiger partial charge on any atom is -0.493 e. The minimum absolute atomic E-state index is 0.0532. The number of hydrogen-bond donors (Lipinski definition) is 1. The molecule has 0 aromatic heterocycles. The van der Waals surface area contributed by atoms with Gasteiger partial charge in [-0.3, -0.25) is 9.59 Å². The Morgan fingerprint density at radius 1 is 1.41 bits per heavy atom. The number of benzene rings is 1. The zero-order chi connectivity index (χ0) is 16.1. The van der Waals surface area contributed by atoms with Gasteiger partial charge in [0.25, 0.3) is 0 Å². The first kappa shape index (κ1) is 16.6. The maximum atomic E-state index is 12.3. The van der Waals surface area contributed by atoms with Gasteiger partial charge in [-0.2, -0.15) is 0 Å². The van der Waals surface area contributed by atoms with Crippen molar-refractivity contribution in [2.75, 3.05) is 19.7 Å². The van der Waals surface area contributed by atoms with E-state index in [0.29, 0.717) is 23.9 Å². The number of piperazine rings is 1. The number of carbonyl (C=O) groups excluding carboxylic acids is 2. The van der Waals surface area contributed by atoms with Crippen LogP contribution in [0.25, 0.3) is 0 Å². The van der Waals surface area contributed by atoms with E-state index >= 15 is 0 Å². The molecule has 1 N–H and O–H groups in total. The van der Waals surface area contributed by atoms with Gasteiger partial charge in [-0.25, -0.2) is 0 Å². The summed E-state index contributed by atoms with van der Waals surface area (Å²) in [5.74, 6) is 0.631. The van der Waals surface area contributed by atoms with E-state index in [4.69, 9.17) is 16.3 Å². The lowest BCUT2D eigenvalue weighted by Crippen LogP contribution is -2.59. The van der Waals surface area contributed by atoms with Gasteiger partial charge >= 0.3 is 0 Å². The third-order valence-corrected chi connectivity index (χ3v) is 3.86. The summed E-state index contributed by atoms with van der Waals surface area (Å²) in [7, 11) is 0. The Bertz CT molecular complexity index is 531. The van der Waals surface area contributed by atoms with Gasteiger partial charge in [-0.05, 0) is 30.2 Å². The van der Waals surface area contributed by atoms with Gasteiger partial charge in [0, 0.05) is 18.1 Å². The predicted molar refractivity (Wildman–Crippen MR) is 84.9 cm³/mol. The highest BCUT2D eigenvalue weighted by Gasteiger charge is 2.34. The number of nitrogens with zero attached hydrogens (tertiary/aromatic N) is 1. The molecule has 1 unspecified atom stereocenters. The third-order valence-electron chi connectivity index (χ3n) is 3.61. The summed E-state index contributed by atoms with van der Waals surface area (Å²) in [5.41, 5.74) is 0. The van der Waals surface area contributed by atoms with E-state index in [0.717, 1.165) is 0 Å². The van der Waals surface area contributed by atoms with E-state index in [-0.39, 0.29) is 30.8 Å². The molecule has 1 saturated heterocycles. The topological polar surface area (TPSA) is 58.6 Å². The quantitative estimate of drug-likeness (QED) is 0.902. The van der Waals surface area contributed by atoms with Crippen molar-refractivity contribution in [2.45, 2.75) is 26.3 Å². The molecule has 2 rings (SSSR count). The largest absolute Gasteiger partial charge is 0.493 e. The summed E-state index contributed by atoms with van der Waals surface area (Å²) < 4.78 is 5.54. The van der Waals surface area contributed by atoms with Crippen LogP contribution in [0.2, 0.25) is 5.02 Å². The molecule has 5 nitrogen and oxygen atoms in total. The summed E-state index contributed by atoms with van der Waals surface area (Å²) in [6, 6.07) is 6.61. The number of ether oxygens (including phenoxy) is 1. The molecular weight excluding hydrogens is 304 g/mol. The van der Waals surface area contributed by atoms with Crippen molar-refractivity contribution in [1.82, 2.24) is 10.2 Å². The van der Waals surface area contributed by atoms with Gasteiger partial charge in [0.15, 0.2) is 0 Å². The van der Waals surface area contributed by atoms with Gasteiger partial charge in [0.1, 0.15) is 11.8 Å². The maximum Gasteiger partial charge on any atom is 0.243 e. The van der Waals surface area contributed by atoms with Crippen LogP contribution < -0.4 is 10.1 Å². The van der Waals surface area contributed by atoms with Crippen LogP contribution in [0, 0.1) is 5.92 Å². The van der Waals surface area contributed by atoms with Crippen LogP contribution >= 0.6 is 11.6 Å². The van der Waals surface area contributed by atoms with Gasteiger partial charge < -0.3 is 15.0 Å². The molecule has 0 saturated carbocycles. The molecule has 1 fully saturated rings. The van der Waals surface area contributed by atoms with Crippen molar-refractivity contribution in [1.29, 1.82) is 0 Å². The number of carbonyl (C=O) groups is 2. The summed E-state index contributed by atoms with van der Waals surface area (Å²) in [4.78, 5) is 25.9. The van der Waals surface area contributed by atoms with Crippen molar-refractivity contribution < 1.29 is 14.3 Å². The summed E-state index contributed by atoms with van der Waals surface area (Å²) >= 11 is 5.80. The lowest BCUT2D eigenvalue weighted by atomic mass is 9.99. The average Bonchev–Trinajstić information content (AvgIpc) is 2.48. The first-order valence-electron chi connectivity index (χ1n) is 7.44. The van der Waals surface area contributed by atoms with E-state index in [1.807, 2.05) is 13.8 Å². The number of rotatable bonds is 5. The Hall–Kier alpha value is -1.75. The molecule has 22 heavy (non-hydrogen) atoms. The van der Waals surface area contributed by atoms with Crippen molar-refractivity contribution in [3.63, 3.8) is 0 Å². The Balaban J connectivity index is 1.87. The second kappa shape index (κ2) is 7.49. The summed E-state index contributed by atoms with van der Waals surface area (Å²) in [5, 5.41) is 3.45. The fraction of sp³-hybridized carbons (Fsp3) is 0.500. The normalized spacial score (nSPS) is 18.3.